The van der Waals surface area contributed by atoms with Gasteiger partial charge >= 0.3 is 0 Å². The highest BCUT2D eigenvalue weighted by Gasteiger charge is 2.11. The van der Waals surface area contributed by atoms with E-state index in [0.717, 1.165) is 5.82 Å². The first-order chi connectivity index (χ1) is 8.59. The molecule has 1 aromatic carbocycles. The van der Waals surface area contributed by atoms with Gasteiger partial charge in [0.2, 0.25) is 0 Å². The maximum Gasteiger partial charge on any atom is 0.165 e. The summed E-state index contributed by atoms with van der Waals surface area (Å²) in [5.74, 6) is 1.22. The Morgan fingerprint density at radius 2 is 2.22 bits per heavy atom. The van der Waals surface area contributed by atoms with Gasteiger partial charge in [0, 0.05) is 6.04 Å². The van der Waals surface area contributed by atoms with Crippen LogP contribution in [0.25, 0.3) is 0 Å². The maximum absolute atomic E-state index is 6.02. The van der Waals surface area contributed by atoms with Crippen LogP contribution < -0.4 is 10.5 Å². The molecule has 2 rings (SSSR count). The van der Waals surface area contributed by atoms with Crippen LogP contribution in [-0.4, -0.2) is 14.8 Å². The third-order valence-corrected chi connectivity index (χ3v) is 2.78. The highest BCUT2D eigenvalue weighted by molar-refractivity contribution is 6.32. The molecule has 0 aliphatic heterocycles. The lowest BCUT2D eigenvalue weighted by Crippen LogP contribution is -2.11. The molecule has 0 radical (unpaired) electrons. The van der Waals surface area contributed by atoms with Crippen molar-refractivity contribution in [3.63, 3.8) is 0 Å². The fraction of sp³-hybridized carbons (Fsp3) is 0.333. The lowest BCUT2D eigenvalue weighted by atomic mass is 10.3. The van der Waals surface area contributed by atoms with E-state index in [2.05, 4.69) is 10.1 Å². The minimum absolute atomic E-state index is 0.231. The fourth-order valence-electron chi connectivity index (χ4n) is 1.62. The summed E-state index contributed by atoms with van der Waals surface area (Å²) in [7, 11) is 0. The van der Waals surface area contributed by atoms with E-state index in [1.807, 2.05) is 13.8 Å². The Kier molecular flexibility index (Phi) is 3.72. The van der Waals surface area contributed by atoms with Crippen molar-refractivity contribution in [3.8, 4) is 5.75 Å². The Balaban J connectivity index is 2.14. The summed E-state index contributed by atoms with van der Waals surface area (Å²) in [5.41, 5.74) is 6.32. The first-order valence-electron chi connectivity index (χ1n) is 5.64. The second-order valence-electron chi connectivity index (χ2n) is 4.16. The zero-order valence-electron chi connectivity index (χ0n) is 10.3. The molecule has 0 aliphatic rings. The summed E-state index contributed by atoms with van der Waals surface area (Å²) < 4.78 is 7.42. The summed E-state index contributed by atoms with van der Waals surface area (Å²) in [4.78, 5) is 4.15. The number of para-hydroxylation sites is 1. The van der Waals surface area contributed by atoms with Gasteiger partial charge in [0.05, 0.1) is 10.7 Å². The standard InChI is InChI=1S/C12H15ClN4O/c1-8(2)17-11(15-7-16-17)6-18-12-9(13)4-3-5-10(12)14/h3-5,7-8H,6,14H2,1-2H3. The maximum atomic E-state index is 6.02. The third-order valence-electron chi connectivity index (χ3n) is 2.48. The summed E-state index contributed by atoms with van der Waals surface area (Å²) >= 11 is 6.02. The highest BCUT2D eigenvalue weighted by Crippen LogP contribution is 2.31. The Bertz CT molecular complexity index is 518. The van der Waals surface area contributed by atoms with Crippen molar-refractivity contribution in [2.24, 2.45) is 0 Å². The Morgan fingerprint density at radius 1 is 1.44 bits per heavy atom. The molecule has 2 N–H and O–H groups in total. The van der Waals surface area contributed by atoms with Gasteiger partial charge in [-0.3, -0.25) is 0 Å². The molecule has 0 saturated carbocycles. The molecule has 0 saturated heterocycles. The molecular formula is C12H15ClN4O. The van der Waals surface area contributed by atoms with Gasteiger partial charge < -0.3 is 10.5 Å². The number of hydrogen-bond acceptors (Lipinski definition) is 4. The van der Waals surface area contributed by atoms with Gasteiger partial charge in [0.25, 0.3) is 0 Å². The summed E-state index contributed by atoms with van der Waals surface area (Å²) in [6.45, 7) is 4.34. The second-order valence-corrected chi connectivity index (χ2v) is 4.57. The number of hydrogen-bond donors (Lipinski definition) is 1. The molecule has 2 aromatic rings. The fourth-order valence-corrected chi connectivity index (χ4v) is 1.86. The number of nitrogens with two attached hydrogens (primary N) is 1. The largest absolute Gasteiger partial charge is 0.482 e. The number of nitrogens with zero attached hydrogens (tertiary/aromatic N) is 3. The molecule has 1 heterocycles. The van der Waals surface area contributed by atoms with Crippen LogP contribution in [0.2, 0.25) is 5.02 Å². The van der Waals surface area contributed by atoms with Gasteiger partial charge in [0.1, 0.15) is 12.9 Å². The van der Waals surface area contributed by atoms with E-state index >= 15 is 0 Å². The summed E-state index contributed by atoms with van der Waals surface area (Å²) in [6.07, 6.45) is 1.51. The number of aromatic nitrogens is 3. The van der Waals surface area contributed by atoms with E-state index in [0.29, 0.717) is 16.5 Å². The molecule has 5 nitrogen and oxygen atoms in total. The van der Waals surface area contributed by atoms with Crippen LogP contribution in [0, 0.1) is 0 Å². The second kappa shape index (κ2) is 5.27. The van der Waals surface area contributed by atoms with Crippen molar-refractivity contribution in [2.75, 3.05) is 5.73 Å². The lowest BCUT2D eigenvalue weighted by Gasteiger charge is -2.12. The Morgan fingerprint density at radius 3 is 2.89 bits per heavy atom. The van der Waals surface area contributed by atoms with Crippen molar-refractivity contribution in [3.05, 3.63) is 35.4 Å². The molecule has 0 aliphatic carbocycles. The zero-order valence-corrected chi connectivity index (χ0v) is 11.1. The van der Waals surface area contributed by atoms with Gasteiger partial charge in [-0.05, 0) is 26.0 Å². The van der Waals surface area contributed by atoms with Crippen LogP contribution in [0.3, 0.4) is 0 Å². The van der Waals surface area contributed by atoms with Crippen molar-refractivity contribution >= 4 is 17.3 Å². The smallest absolute Gasteiger partial charge is 0.165 e. The first-order valence-corrected chi connectivity index (χ1v) is 6.02. The molecule has 0 spiro atoms. The molecule has 0 unspecified atom stereocenters. The van der Waals surface area contributed by atoms with Crippen molar-refractivity contribution in [1.29, 1.82) is 0 Å². The molecule has 0 fully saturated rings. The van der Waals surface area contributed by atoms with Crippen LogP contribution in [0.15, 0.2) is 24.5 Å². The number of benzene rings is 1. The number of rotatable bonds is 4. The minimum atomic E-state index is 0.231. The molecule has 96 valence electrons. The number of nitrogen functional groups attached to an aromatic ring is 1. The SMILES string of the molecule is CC(C)n1ncnc1COc1c(N)cccc1Cl. The van der Waals surface area contributed by atoms with E-state index < -0.39 is 0 Å². The molecule has 18 heavy (non-hydrogen) atoms. The molecule has 1 aromatic heterocycles. The van der Waals surface area contributed by atoms with Gasteiger partial charge in [-0.15, -0.1) is 0 Å². The lowest BCUT2D eigenvalue weighted by molar-refractivity contribution is 0.284. The van der Waals surface area contributed by atoms with E-state index in [4.69, 9.17) is 22.1 Å². The van der Waals surface area contributed by atoms with Crippen LogP contribution in [0.1, 0.15) is 25.7 Å². The van der Waals surface area contributed by atoms with E-state index in [1.165, 1.54) is 6.33 Å². The average molecular weight is 267 g/mol. The van der Waals surface area contributed by atoms with Crippen LogP contribution >= 0.6 is 11.6 Å². The van der Waals surface area contributed by atoms with E-state index in [9.17, 15) is 0 Å². The summed E-state index contributed by atoms with van der Waals surface area (Å²) in [6, 6.07) is 5.49. The molecule has 0 atom stereocenters. The zero-order chi connectivity index (χ0) is 13.1. The number of ether oxygens (including phenoxy) is 1. The van der Waals surface area contributed by atoms with Gasteiger partial charge in [0.15, 0.2) is 11.6 Å². The monoisotopic (exact) mass is 266 g/mol. The van der Waals surface area contributed by atoms with E-state index in [-0.39, 0.29) is 12.6 Å². The van der Waals surface area contributed by atoms with Crippen molar-refractivity contribution < 1.29 is 4.74 Å². The van der Waals surface area contributed by atoms with Crippen molar-refractivity contribution in [1.82, 2.24) is 14.8 Å². The Labute approximate surface area is 111 Å². The Hall–Kier alpha value is -1.75. The molecule has 6 heteroatoms. The van der Waals surface area contributed by atoms with Gasteiger partial charge in [-0.25, -0.2) is 9.67 Å². The number of anilines is 1. The molecule has 0 bridgehead atoms. The van der Waals surface area contributed by atoms with Gasteiger partial charge in [-0.1, -0.05) is 17.7 Å². The average Bonchev–Trinajstić information content (AvgIpc) is 2.76. The summed E-state index contributed by atoms with van der Waals surface area (Å²) in [5, 5.41) is 4.63. The van der Waals surface area contributed by atoms with Crippen LogP contribution in [0.4, 0.5) is 5.69 Å². The van der Waals surface area contributed by atoms with Crippen molar-refractivity contribution in [2.45, 2.75) is 26.5 Å². The normalized spacial score (nSPS) is 10.9. The molecular weight excluding hydrogens is 252 g/mol. The minimum Gasteiger partial charge on any atom is -0.482 e. The first kappa shape index (κ1) is 12.7. The quantitative estimate of drug-likeness (QED) is 0.864. The van der Waals surface area contributed by atoms with E-state index in [1.54, 1.807) is 22.9 Å². The predicted octanol–water partition coefficient (Wildman–Crippen LogP) is 2.67. The van der Waals surface area contributed by atoms with Crippen LogP contribution in [-0.2, 0) is 6.61 Å². The predicted molar refractivity (Wildman–Crippen MR) is 70.6 cm³/mol. The third kappa shape index (κ3) is 2.56. The highest BCUT2D eigenvalue weighted by atomic mass is 35.5. The number of halogens is 1. The van der Waals surface area contributed by atoms with Crippen LogP contribution in [0.5, 0.6) is 5.75 Å². The topological polar surface area (TPSA) is 66.0 Å². The van der Waals surface area contributed by atoms with Gasteiger partial charge in [-0.2, -0.15) is 5.10 Å². The molecule has 0 amide bonds.